The monoisotopic (exact) mass is 465 g/mol. The summed E-state index contributed by atoms with van der Waals surface area (Å²) in [5, 5.41) is 6.54. The Kier molecular flexibility index (Phi) is 6.70. The molecule has 0 radical (unpaired) electrons. The molecule has 0 fully saturated rings. The lowest BCUT2D eigenvalue weighted by Gasteiger charge is -2.14. The number of amides is 1. The maximum Gasteiger partial charge on any atom is 0.374 e. The van der Waals surface area contributed by atoms with E-state index in [0.29, 0.717) is 0 Å². The molecule has 0 unspecified atom stereocenters. The van der Waals surface area contributed by atoms with Gasteiger partial charge in [-0.1, -0.05) is 11.6 Å². The Hall–Kier alpha value is -2.45. The summed E-state index contributed by atoms with van der Waals surface area (Å²) in [6.45, 7) is -0.747. The molecule has 11 nitrogen and oxygen atoms in total. The molecule has 0 saturated carbocycles. The van der Waals surface area contributed by atoms with Crippen molar-refractivity contribution < 1.29 is 35.6 Å². The van der Waals surface area contributed by atoms with Gasteiger partial charge in [-0.2, -0.15) is 0 Å². The van der Waals surface area contributed by atoms with Crippen molar-refractivity contribution in [2.24, 2.45) is 5.14 Å². The molecule has 14 heteroatoms. The van der Waals surface area contributed by atoms with Gasteiger partial charge < -0.3 is 14.5 Å². The van der Waals surface area contributed by atoms with Gasteiger partial charge in [0.15, 0.2) is 6.61 Å². The molecule has 0 aliphatic carbocycles. The minimum Gasteiger partial charge on any atom is -0.450 e. The zero-order valence-electron chi connectivity index (χ0n) is 15.1. The van der Waals surface area contributed by atoms with Gasteiger partial charge in [-0.25, -0.2) is 31.1 Å². The van der Waals surface area contributed by atoms with Crippen LogP contribution in [0.1, 0.15) is 10.6 Å². The molecule has 1 amide bonds. The highest BCUT2D eigenvalue weighted by atomic mass is 35.5. The van der Waals surface area contributed by atoms with Crippen molar-refractivity contribution in [2.45, 2.75) is 9.99 Å². The van der Waals surface area contributed by atoms with Crippen molar-refractivity contribution in [3.63, 3.8) is 0 Å². The highest BCUT2D eigenvalue weighted by Crippen LogP contribution is 2.26. The van der Waals surface area contributed by atoms with Gasteiger partial charge in [0, 0.05) is 19.8 Å². The van der Waals surface area contributed by atoms with Gasteiger partial charge in [0.25, 0.3) is 15.9 Å². The Balaban J connectivity index is 2.05. The molecule has 0 aliphatic rings. The number of carbonyl (C=O) groups is 2. The SMILES string of the molecule is CN(C)S(=O)(=O)c1cc(NC(=O)COC(=O)c2ccc(S(N)(=O)=O)o2)ccc1Cl. The zero-order chi connectivity index (χ0) is 22.0. The first-order valence-electron chi connectivity index (χ1n) is 7.64. The van der Waals surface area contributed by atoms with Crippen LogP contribution in [0.15, 0.2) is 44.7 Å². The van der Waals surface area contributed by atoms with Crippen molar-refractivity contribution in [1.82, 2.24) is 4.31 Å². The van der Waals surface area contributed by atoms with E-state index in [1.165, 1.54) is 26.2 Å². The highest BCUT2D eigenvalue weighted by molar-refractivity contribution is 7.89. The molecule has 0 aliphatic heterocycles. The van der Waals surface area contributed by atoms with Crippen LogP contribution < -0.4 is 10.5 Å². The normalized spacial score (nSPS) is 12.0. The molecule has 0 spiro atoms. The molecule has 1 heterocycles. The number of carbonyl (C=O) groups excluding carboxylic acids is 2. The number of esters is 1. The van der Waals surface area contributed by atoms with Gasteiger partial charge in [0.05, 0.1) is 5.02 Å². The lowest BCUT2D eigenvalue weighted by molar-refractivity contribution is -0.119. The zero-order valence-corrected chi connectivity index (χ0v) is 17.5. The van der Waals surface area contributed by atoms with Gasteiger partial charge in [-0.15, -0.1) is 0 Å². The number of halogens is 1. The summed E-state index contributed by atoms with van der Waals surface area (Å²) in [7, 11) is -5.32. The van der Waals surface area contributed by atoms with Crippen LogP contribution in [0.5, 0.6) is 0 Å². The maximum absolute atomic E-state index is 12.2. The fourth-order valence-corrected chi connectivity index (χ4v) is 3.82. The van der Waals surface area contributed by atoms with E-state index in [4.69, 9.17) is 25.9 Å². The minimum atomic E-state index is -4.13. The second-order valence-corrected chi connectivity index (χ2v) is 9.74. The van der Waals surface area contributed by atoms with Crippen LogP contribution in [0.3, 0.4) is 0 Å². The predicted octanol–water partition coefficient (Wildman–Crippen LogP) is 0.626. The van der Waals surface area contributed by atoms with Crippen molar-refractivity contribution >= 4 is 49.2 Å². The molecule has 2 aromatic rings. The summed E-state index contributed by atoms with van der Waals surface area (Å²) in [4.78, 5) is 23.6. The second kappa shape index (κ2) is 8.51. The van der Waals surface area contributed by atoms with Gasteiger partial charge in [-0.3, -0.25) is 4.79 Å². The van der Waals surface area contributed by atoms with Crippen molar-refractivity contribution in [2.75, 3.05) is 26.0 Å². The fraction of sp³-hybridized carbons (Fsp3) is 0.200. The summed E-state index contributed by atoms with van der Waals surface area (Å²) < 4.78 is 57.1. The van der Waals surface area contributed by atoms with E-state index in [0.717, 1.165) is 22.5 Å². The fourth-order valence-electron chi connectivity index (χ4n) is 1.96. The number of nitrogens with one attached hydrogen (secondary N) is 1. The second-order valence-electron chi connectivity index (χ2n) is 5.72. The number of sulfonamides is 2. The summed E-state index contributed by atoms with van der Waals surface area (Å²) >= 11 is 5.92. The third-order valence-electron chi connectivity index (χ3n) is 3.37. The molecule has 2 rings (SSSR count). The number of nitrogens with two attached hydrogens (primary N) is 1. The first kappa shape index (κ1) is 22.8. The lowest BCUT2D eigenvalue weighted by atomic mass is 10.3. The van der Waals surface area contributed by atoms with Crippen molar-refractivity contribution in [1.29, 1.82) is 0 Å². The Morgan fingerprint density at radius 1 is 1.17 bits per heavy atom. The van der Waals surface area contributed by atoms with Crippen LogP contribution in [0, 0.1) is 0 Å². The van der Waals surface area contributed by atoms with Crippen LogP contribution in [0.25, 0.3) is 0 Å². The lowest BCUT2D eigenvalue weighted by Crippen LogP contribution is -2.23. The van der Waals surface area contributed by atoms with Gasteiger partial charge in [-0.05, 0) is 30.3 Å². The van der Waals surface area contributed by atoms with E-state index in [9.17, 15) is 26.4 Å². The summed E-state index contributed by atoms with van der Waals surface area (Å²) in [6, 6.07) is 5.80. The number of rotatable bonds is 7. The average molecular weight is 466 g/mol. The number of ether oxygens (including phenoxy) is 1. The molecule has 0 saturated heterocycles. The van der Waals surface area contributed by atoms with E-state index in [2.05, 4.69) is 5.32 Å². The number of anilines is 1. The molecule has 29 heavy (non-hydrogen) atoms. The molecular weight excluding hydrogens is 450 g/mol. The maximum atomic E-state index is 12.2. The van der Waals surface area contributed by atoms with Crippen LogP contribution >= 0.6 is 11.6 Å². The van der Waals surface area contributed by atoms with Crippen LogP contribution in [0.2, 0.25) is 5.02 Å². The summed E-state index contributed by atoms with van der Waals surface area (Å²) in [6.07, 6.45) is 0. The molecular formula is C15H16ClN3O8S2. The van der Waals surface area contributed by atoms with Crippen molar-refractivity contribution in [3.8, 4) is 0 Å². The van der Waals surface area contributed by atoms with E-state index < -0.39 is 49.4 Å². The van der Waals surface area contributed by atoms with E-state index in [1.807, 2.05) is 0 Å². The van der Waals surface area contributed by atoms with Gasteiger partial charge in [0.2, 0.25) is 20.9 Å². The topological polar surface area (TPSA) is 166 Å². The van der Waals surface area contributed by atoms with Crippen LogP contribution in [-0.2, 0) is 29.6 Å². The number of nitrogens with zero attached hydrogens (tertiary/aromatic N) is 1. The van der Waals surface area contributed by atoms with Crippen LogP contribution in [-0.4, -0.2) is 53.7 Å². The standard InChI is InChI=1S/C15H16ClN3O8S2/c1-19(2)29(24,25)12-7-9(3-4-10(12)16)18-13(20)8-26-15(21)11-5-6-14(27-11)28(17,22)23/h3-7H,8H2,1-2H3,(H,18,20)(H2,17,22,23). The van der Waals surface area contributed by atoms with E-state index in [1.54, 1.807) is 0 Å². The summed E-state index contributed by atoms with van der Waals surface area (Å²) in [5.74, 6) is -2.35. The van der Waals surface area contributed by atoms with Gasteiger partial charge >= 0.3 is 5.97 Å². The van der Waals surface area contributed by atoms with Crippen molar-refractivity contribution in [3.05, 3.63) is 41.1 Å². The third-order valence-corrected chi connectivity index (χ3v) is 6.45. The number of hydrogen-bond donors (Lipinski definition) is 2. The Morgan fingerprint density at radius 3 is 2.38 bits per heavy atom. The predicted molar refractivity (Wildman–Crippen MR) is 101 cm³/mol. The number of furan rings is 1. The largest absolute Gasteiger partial charge is 0.450 e. The van der Waals surface area contributed by atoms with E-state index in [-0.39, 0.29) is 15.6 Å². The molecule has 1 aromatic carbocycles. The highest BCUT2D eigenvalue weighted by Gasteiger charge is 2.22. The number of primary sulfonamides is 1. The molecule has 0 bridgehead atoms. The smallest absolute Gasteiger partial charge is 0.374 e. The third kappa shape index (κ3) is 5.55. The average Bonchev–Trinajstić information content (AvgIpc) is 3.11. The molecule has 158 valence electrons. The first-order valence-corrected chi connectivity index (χ1v) is 11.0. The molecule has 3 N–H and O–H groups in total. The summed E-state index contributed by atoms with van der Waals surface area (Å²) in [5.41, 5.74) is 0.102. The minimum absolute atomic E-state index is 0.0355. The van der Waals surface area contributed by atoms with Gasteiger partial charge in [0.1, 0.15) is 4.90 Å². The Labute approximate surface area is 171 Å². The quantitative estimate of drug-likeness (QED) is 0.561. The first-order chi connectivity index (χ1) is 13.3. The Bertz CT molecular complexity index is 1160. The van der Waals surface area contributed by atoms with E-state index >= 15 is 0 Å². The molecule has 0 atom stereocenters. The molecule has 1 aromatic heterocycles. The number of benzene rings is 1. The Morgan fingerprint density at radius 2 is 1.83 bits per heavy atom. The number of hydrogen-bond acceptors (Lipinski definition) is 8. The van der Waals surface area contributed by atoms with Crippen LogP contribution in [0.4, 0.5) is 5.69 Å².